The number of nitrogens with zero attached hydrogens (tertiary/aromatic N) is 2. The smallest absolute Gasteiger partial charge is 0.131 e. The molecule has 0 aromatic carbocycles. The predicted molar refractivity (Wildman–Crippen MR) is 79.3 cm³/mol. The van der Waals surface area contributed by atoms with Crippen molar-refractivity contribution in [1.82, 2.24) is 9.97 Å². The molecule has 1 aromatic rings. The molecular weight excluding hydrogens is 234 g/mol. The monoisotopic (exact) mass is 261 g/mol. The van der Waals surface area contributed by atoms with Crippen molar-refractivity contribution < 1.29 is 0 Å². The predicted octanol–water partition coefficient (Wildman–Crippen LogP) is 3.28. The zero-order valence-electron chi connectivity index (χ0n) is 12.8. The third-order valence-electron chi connectivity index (χ3n) is 4.54. The van der Waals surface area contributed by atoms with E-state index in [4.69, 9.17) is 15.7 Å². The topological polar surface area (TPSA) is 51.8 Å². The lowest BCUT2D eigenvalue weighted by molar-refractivity contribution is 0.220. The summed E-state index contributed by atoms with van der Waals surface area (Å²) >= 11 is 0. The zero-order chi connectivity index (χ0) is 14.0. The lowest BCUT2D eigenvalue weighted by Crippen LogP contribution is -2.22. The van der Waals surface area contributed by atoms with Gasteiger partial charge >= 0.3 is 0 Å². The molecule has 2 rings (SSSR count). The van der Waals surface area contributed by atoms with Crippen molar-refractivity contribution >= 4 is 0 Å². The highest BCUT2D eigenvalue weighted by Gasteiger charge is 2.29. The van der Waals surface area contributed by atoms with E-state index in [1.165, 1.54) is 31.2 Å². The molecule has 106 valence electrons. The normalized spacial score (nSPS) is 19.6. The van der Waals surface area contributed by atoms with Gasteiger partial charge in [-0.15, -0.1) is 0 Å². The fourth-order valence-electron chi connectivity index (χ4n) is 3.11. The Kier molecular flexibility index (Phi) is 4.24. The average Bonchev–Trinajstić information content (AvgIpc) is 2.33. The fraction of sp³-hybridized carbons (Fsp3) is 0.750. The third-order valence-corrected chi connectivity index (χ3v) is 4.54. The zero-order valence-corrected chi connectivity index (χ0v) is 12.8. The minimum atomic E-state index is 0.500. The first-order valence-electron chi connectivity index (χ1n) is 7.47. The van der Waals surface area contributed by atoms with Crippen molar-refractivity contribution in [3.63, 3.8) is 0 Å². The van der Waals surface area contributed by atoms with Crippen molar-refractivity contribution in [2.75, 3.05) is 6.54 Å². The van der Waals surface area contributed by atoms with Crippen LogP contribution in [-0.2, 0) is 6.42 Å². The first-order valence-corrected chi connectivity index (χ1v) is 7.47. The summed E-state index contributed by atoms with van der Waals surface area (Å²) in [5.41, 5.74) is 9.64. The van der Waals surface area contributed by atoms with E-state index in [1.807, 2.05) is 0 Å². The number of aromatic nitrogens is 2. The Morgan fingerprint density at radius 1 is 1.11 bits per heavy atom. The van der Waals surface area contributed by atoms with Crippen LogP contribution >= 0.6 is 0 Å². The van der Waals surface area contributed by atoms with Gasteiger partial charge in [0.1, 0.15) is 5.82 Å². The molecule has 0 spiro atoms. The van der Waals surface area contributed by atoms with Gasteiger partial charge in [0.25, 0.3) is 0 Å². The molecule has 1 saturated carbocycles. The Bertz CT molecular complexity index is 418. The molecule has 1 heterocycles. The number of hydrogen-bond acceptors (Lipinski definition) is 3. The number of aryl methyl sites for hydroxylation is 2. The molecule has 0 saturated heterocycles. The lowest BCUT2D eigenvalue weighted by Gasteiger charge is -2.33. The van der Waals surface area contributed by atoms with Crippen LogP contribution in [0.2, 0.25) is 0 Å². The summed E-state index contributed by atoms with van der Waals surface area (Å²) < 4.78 is 0. The van der Waals surface area contributed by atoms with E-state index in [2.05, 4.69) is 27.7 Å². The van der Waals surface area contributed by atoms with Crippen LogP contribution in [0, 0.1) is 19.3 Å². The summed E-state index contributed by atoms with van der Waals surface area (Å²) in [6.07, 6.45) is 5.90. The SMILES string of the molecule is Cc1nc(C2CCC(C)(C)CC2)nc(C)c1CCN. The number of hydrogen-bond donors (Lipinski definition) is 1. The summed E-state index contributed by atoms with van der Waals surface area (Å²) in [4.78, 5) is 9.51. The lowest BCUT2D eigenvalue weighted by atomic mass is 9.73. The van der Waals surface area contributed by atoms with Gasteiger partial charge in [-0.2, -0.15) is 0 Å². The van der Waals surface area contributed by atoms with Gasteiger partial charge in [-0.25, -0.2) is 9.97 Å². The highest BCUT2D eigenvalue weighted by Crippen LogP contribution is 2.41. The maximum atomic E-state index is 5.65. The fourth-order valence-corrected chi connectivity index (χ4v) is 3.11. The molecule has 0 amide bonds. The maximum Gasteiger partial charge on any atom is 0.131 e. The van der Waals surface area contributed by atoms with E-state index >= 15 is 0 Å². The molecule has 1 aromatic heterocycles. The Morgan fingerprint density at radius 3 is 2.11 bits per heavy atom. The Morgan fingerprint density at radius 2 is 1.63 bits per heavy atom. The summed E-state index contributed by atoms with van der Waals surface area (Å²) in [7, 11) is 0. The van der Waals surface area contributed by atoms with Crippen molar-refractivity contribution in [2.45, 2.75) is 65.7 Å². The molecule has 19 heavy (non-hydrogen) atoms. The van der Waals surface area contributed by atoms with E-state index in [0.29, 0.717) is 17.9 Å². The molecule has 0 unspecified atom stereocenters. The van der Waals surface area contributed by atoms with Gasteiger partial charge in [0.2, 0.25) is 0 Å². The molecule has 0 aliphatic heterocycles. The van der Waals surface area contributed by atoms with Gasteiger partial charge in [0.15, 0.2) is 0 Å². The van der Waals surface area contributed by atoms with Gasteiger partial charge in [0, 0.05) is 17.3 Å². The van der Waals surface area contributed by atoms with Crippen molar-refractivity contribution in [3.8, 4) is 0 Å². The summed E-state index contributed by atoms with van der Waals surface area (Å²) in [6.45, 7) is 9.59. The van der Waals surface area contributed by atoms with Gasteiger partial charge in [-0.1, -0.05) is 13.8 Å². The molecule has 0 atom stereocenters. The van der Waals surface area contributed by atoms with Crippen LogP contribution in [0.25, 0.3) is 0 Å². The van der Waals surface area contributed by atoms with Crippen molar-refractivity contribution in [1.29, 1.82) is 0 Å². The van der Waals surface area contributed by atoms with E-state index in [1.54, 1.807) is 0 Å². The summed E-state index contributed by atoms with van der Waals surface area (Å²) in [5, 5.41) is 0. The standard InChI is InChI=1S/C16H27N3/c1-11-14(7-10-17)12(2)19-15(18-11)13-5-8-16(3,4)9-6-13/h13H,5-10,17H2,1-4H3. The molecule has 1 aliphatic carbocycles. The van der Waals surface area contributed by atoms with Crippen LogP contribution < -0.4 is 5.73 Å². The molecule has 0 radical (unpaired) electrons. The first kappa shape index (κ1) is 14.4. The Labute approximate surface area is 117 Å². The molecule has 1 fully saturated rings. The van der Waals surface area contributed by atoms with Gasteiger partial charge in [-0.05, 0) is 63.5 Å². The Hall–Kier alpha value is -0.960. The van der Waals surface area contributed by atoms with Crippen LogP contribution in [0.5, 0.6) is 0 Å². The number of nitrogens with two attached hydrogens (primary N) is 1. The summed E-state index contributed by atoms with van der Waals surface area (Å²) in [6, 6.07) is 0. The summed E-state index contributed by atoms with van der Waals surface area (Å²) in [5.74, 6) is 1.61. The molecule has 3 heteroatoms. The molecular formula is C16H27N3. The van der Waals surface area contributed by atoms with E-state index in [-0.39, 0.29) is 0 Å². The van der Waals surface area contributed by atoms with Crippen LogP contribution in [0.4, 0.5) is 0 Å². The largest absolute Gasteiger partial charge is 0.330 e. The molecule has 3 nitrogen and oxygen atoms in total. The van der Waals surface area contributed by atoms with Gasteiger partial charge < -0.3 is 5.73 Å². The second kappa shape index (κ2) is 5.58. The molecule has 0 bridgehead atoms. The van der Waals surface area contributed by atoms with Crippen LogP contribution in [-0.4, -0.2) is 16.5 Å². The van der Waals surface area contributed by atoms with Gasteiger partial charge in [0.05, 0.1) is 0 Å². The first-order chi connectivity index (χ1) is 8.93. The van der Waals surface area contributed by atoms with Crippen LogP contribution in [0.3, 0.4) is 0 Å². The maximum absolute atomic E-state index is 5.65. The third kappa shape index (κ3) is 3.33. The van der Waals surface area contributed by atoms with Crippen molar-refractivity contribution in [2.24, 2.45) is 11.1 Å². The highest BCUT2D eigenvalue weighted by molar-refractivity contribution is 5.25. The van der Waals surface area contributed by atoms with Crippen molar-refractivity contribution in [3.05, 3.63) is 22.8 Å². The highest BCUT2D eigenvalue weighted by atomic mass is 14.9. The minimum Gasteiger partial charge on any atom is -0.330 e. The second-order valence-corrected chi connectivity index (χ2v) is 6.71. The quantitative estimate of drug-likeness (QED) is 0.908. The second-order valence-electron chi connectivity index (χ2n) is 6.71. The van der Waals surface area contributed by atoms with Crippen LogP contribution in [0.1, 0.15) is 68.2 Å². The van der Waals surface area contributed by atoms with E-state index in [0.717, 1.165) is 23.6 Å². The van der Waals surface area contributed by atoms with Gasteiger partial charge in [-0.3, -0.25) is 0 Å². The van der Waals surface area contributed by atoms with E-state index in [9.17, 15) is 0 Å². The number of rotatable bonds is 3. The molecule has 1 aliphatic rings. The minimum absolute atomic E-state index is 0.500. The van der Waals surface area contributed by atoms with E-state index < -0.39 is 0 Å². The Balaban J connectivity index is 2.18. The molecule has 2 N–H and O–H groups in total. The van der Waals surface area contributed by atoms with Crippen LogP contribution in [0.15, 0.2) is 0 Å². The average molecular weight is 261 g/mol.